The Kier molecular flexibility index (Phi) is 4.24. The summed E-state index contributed by atoms with van der Waals surface area (Å²) in [6.45, 7) is 0. The number of nitriles is 1. The van der Waals surface area contributed by atoms with Gasteiger partial charge in [-0.15, -0.1) is 0 Å². The van der Waals surface area contributed by atoms with Gasteiger partial charge in [0.15, 0.2) is 0 Å². The molecule has 0 fully saturated rings. The smallest absolute Gasteiger partial charge is 0.254 e. The topological polar surface area (TPSA) is 73.1 Å². The van der Waals surface area contributed by atoms with Crippen molar-refractivity contribution in [3.8, 4) is 11.8 Å². The zero-order valence-electron chi connectivity index (χ0n) is 10.4. The van der Waals surface area contributed by atoms with Gasteiger partial charge >= 0.3 is 0 Å². The quantitative estimate of drug-likeness (QED) is 0.911. The number of nitrogens with zero attached hydrogens (tertiary/aromatic N) is 1. The van der Waals surface area contributed by atoms with E-state index in [1.807, 2.05) is 12.1 Å². The monoisotopic (exact) mass is 286 g/mol. The fourth-order valence-electron chi connectivity index (χ4n) is 1.73. The maximum absolute atomic E-state index is 12.1. The Morgan fingerprint density at radius 1 is 1.25 bits per heavy atom. The van der Waals surface area contributed by atoms with Gasteiger partial charge in [0.1, 0.15) is 11.8 Å². The molecule has 0 aromatic heterocycles. The fraction of sp³-hybridized carbons (Fsp3) is 0.0667. The Hall–Kier alpha value is -2.51. The third-order valence-electron chi connectivity index (χ3n) is 2.73. The van der Waals surface area contributed by atoms with Crippen LogP contribution in [0.3, 0.4) is 0 Å². The minimum atomic E-state index is -0.776. The molecule has 0 aliphatic heterocycles. The van der Waals surface area contributed by atoms with Crippen LogP contribution in [0, 0.1) is 11.3 Å². The number of benzene rings is 2. The van der Waals surface area contributed by atoms with Crippen LogP contribution in [0.15, 0.2) is 48.5 Å². The van der Waals surface area contributed by atoms with Crippen LogP contribution in [0.5, 0.6) is 5.75 Å². The first-order valence-corrected chi connectivity index (χ1v) is 6.23. The van der Waals surface area contributed by atoms with Crippen molar-refractivity contribution in [2.75, 3.05) is 0 Å². The highest BCUT2D eigenvalue weighted by Gasteiger charge is 2.17. The summed E-state index contributed by atoms with van der Waals surface area (Å²) < 4.78 is 0. The van der Waals surface area contributed by atoms with E-state index in [4.69, 9.17) is 16.9 Å². The Bertz CT molecular complexity index is 665. The molecule has 0 heterocycles. The van der Waals surface area contributed by atoms with Crippen molar-refractivity contribution < 1.29 is 9.90 Å². The Labute approximate surface area is 121 Å². The van der Waals surface area contributed by atoms with Crippen LogP contribution < -0.4 is 5.32 Å². The van der Waals surface area contributed by atoms with Crippen molar-refractivity contribution in [3.05, 3.63) is 64.7 Å². The minimum Gasteiger partial charge on any atom is -0.508 e. The zero-order valence-corrected chi connectivity index (χ0v) is 11.1. The Balaban J connectivity index is 2.22. The summed E-state index contributed by atoms with van der Waals surface area (Å²) in [7, 11) is 0. The summed E-state index contributed by atoms with van der Waals surface area (Å²) >= 11 is 5.91. The van der Waals surface area contributed by atoms with Gasteiger partial charge in [-0.3, -0.25) is 4.79 Å². The number of phenols is 1. The van der Waals surface area contributed by atoms with Crippen LogP contribution in [0.1, 0.15) is 22.0 Å². The fourth-order valence-corrected chi connectivity index (χ4v) is 1.94. The van der Waals surface area contributed by atoms with Crippen LogP contribution in [0.25, 0.3) is 0 Å². The minimum absolute atomic E-state index is 0.0623. The summed E-state index contributed by atoms with van der Waals surface area (Å²) in [4.78, 5) is 12.1. The molecule has 4 nitrogen and oxygen atoms in total. The van der Waals surface area contributed by atoms with Crippen LogP contribution in [-0.2, 0) is 0 Å². The van der Waals surface area contributed by atoms with Gasteiger partial charge in [-0.2, -0.15) is 5.26 Å². The number of carbonyl (C=O) groups excluding carboxylic acids is 1. The molecule has 2 rings (SSSR count). The van der Waals surface area contributed by atoms with Crippen LogP contribution in [0.4, 0.5) is 0 Å². The van der Waals surface area contributed by atoms with E-state index in [0.717, 1.165) is 0 Å². The van der Waals surface area contributed by atoms with E-state index >= 15 is 0 Å². The summed E-state index contributed by atoms with van der Waals surface area (Å²) in [5.41, 5.74) is 0.808. The summed E-state index contributed by atoms with van der Waals surface area (Å²) in [6, 6.07) is 14.2. The third kappa shape index (κ3) is 3.08. The van der Waals surface area contributed by atoms with E-state index in [-0.39, 0.29) is 16.3 Å². The van der Waals surface area contributed by atoms with E-state index in [9.17, 15) is 9.90 Å². The molecule has 0 saturated carbocycles. The molecule has 5 heteroatoms. The number of phenolic OH excluding ortho intramolecular Hbond substituents is 1. The predicted molar refractivity (Wildman–Crippen MR) is 75.4 cm³/mol. The second kappa shape index (κ2) is 6.09. The molecule has 0 bridgehead atoms. The molecule has 1 atom stereocenters. The number of hydrogen-bond donors (Lipinski definition) is 2. The maximum atomic E-state index is 12.1. The predicted octanol–water partition coefficient (Wildman–Crippen LogP) is 3.04. The van der Waals surface area contributed by atoms with Gasteiger partial charge in [0.2, 0.25) is 0 Å². The van der Waals surface area contributed by atoms with E-state index in [1.54, 1.807) is 24.3 Å². The van der Waals surface area contributed by atoms with Gasteiger partial charge in [0.05, 0.1) is 16.7 Å². The Morgan fingerprint density at radius 3 is 2.60 bits per heavy atom. The van der Waals surface area contributed by atoms with Gasteiger partial charge in [0, 0.05) is 0 Å². The van der Waals surface area contributed by atoms with Crippen LogP contribution in [0.2, 0.25) is 5.02 Å². The van der Waals surface area contributed by atoms with Gasteiger partial charge in [-0.25, -0.2) is 0 Å². The SMILES string of the molecule is N#CC(NC(=O)c1cc(O)ccc1Cl)c1ccccc1. The molecule has 100 valence electrons. The summed E-state index contributed by atoms with van der Waals surface area (Å²) in [5.74, 6) is -0.575. The molecule has 2 aromatic carbocycles. The highest BCUT2D eigenvalue weighted by atomic mass is 35.5. The molecular formula is C15H11ClN2O2. The molecule has 0 aliphatic rings. The lowest BCUT2D eigenvalue weighted by molar-refractivity contribution is 0.0945. The first-order chi connectivity index (χ1) is 9.61. The second-order valence-electron chi connectivity index (χ2n) is 4.11. The van der Waals surface area contributed by atoms with E-state index in [1.165, 1.54) is 18.2 Å². The maximum Gasteiger partial charge on any atom is 0.254 e. The number of amides is 1. The van der Waals surface area contributed by atoms with Crippen molar-refractivity contribution in [1.29, 1.82) is 5.26 Å². The van der Waals surface area contributed by atoms with Gasteiger partial charge in [-0.05, 0) is 23.8 Å². The van der Waals surface area contributed by atoms with Crippen molar-refractivity contribution in [3.63, 3.8) is 0 Å². The highest BCUT2D eigenvalue weighted by molar-refractivity contribution is 6.33. The van der Waals surface area contributed by atoms with Crippen molar-refractivity contribution in [2.24, 2.45) is 0 Å². The van der Waals surface area contributed by atoms with Gasteiger partial charge in [-0.1, -0.05) is 41.9 Å². The number of nitrogens with one attached hydrogen (secondary N) is 1. The molecule has 2 N–H and O–H groups in total. The zero-order chi connectivity index (χ0) is 14.5. The molecule has 1 amide bonds. The third-order valence-corrected chi connectivity index (χ3v) is 3.06. The standard InChI is InChI=1S/C15H11ClN2O2/c16-13-7-6-11(19)8-12(13)15(20)18-14(9-17)10-4-2-1-3-5-10/h1-8,14,19H,(H,18,20). The van der Waals surface area contributed by atoms with E-state index in [2.05, 4.69) is 5.32 Å². The molecule has 2 aromatic rings. The first kappa shape index (κ1) is 13.9. The number of aromatic hydroxyl groups is 1. The first-order valence-electron chi connectivity index (χ1n) is 5.86. The number of hydrogen-bond acceptors (Lipinski definition) is 3. The lowest BCUT2D eigenvalue weighted by Gasteiger charge is -2.12. The molecule has 0 aliphatic carbocycles. The van der Waals surface area contributed by atoms with E-state index < -0.39 is 11.9 Å². The van der Waals surface area contributed by atoms with E-state index in [0.29, 0.717) is 5.56 Å². The molecule has 20 heavy (non-hydrogen) atoms. The van der Waals surface area contributed by atoms with Crippen molar-refractivity contribution in [1.82, 2.24) is 5.32 Å². The normalized spacial score (nSPS) is 11.4. The van der Waals surface area contributed by atoms with Gasteiger partial charge in [0.25, 0.3) is 5.91 Å². The lowest BCUT2D eigenvalue weighted by Crippen LogP contribution is -2.27. The largest absolute Gasteiger partial charge is 0.508 e. The molecule has 0 saturated heterocycles. The summed E-state index contributed by atoms with van der Waals surface area (Å²) in [5, 5.41) is 21.3. The van der Waals surface area contributed by atoms with Gasteiger partial charge < -0.3 is 10.4 Å². The number of carbonyl (C=O) groups is 1. The average Bonchev–Trinajstić information content (AvgIpc) is 2.48. The molecule has 1 unspecified atom stereocenters. The average molecular weight is 287 g/mol. The van der Waals surface area contributed by atoms with Crippen LogP contribution >= 0.6 is 11.6 Å². The second-order valence-corrected chi connectivity index (χ2v) is 4.52. The number of rotatable bonds is 3. The molecule has 0 radical (unpaired) electrons. The Morgan fingerprint density at radius 2 is 1.95 bits per heavy atom. The number of halogens is 1. The van der Waals surface area contributed by atoms with Crippen molar-refractivity contribution >= 4 is 17.5 Å². The molecule has 0 spiro atoms. The van der Waals surface area contributed by atoms with Crippen LogP contribution in [-0.4, -0.2) is 11.0 Å². The lowest BCUT2D eigenvalue weighted by atomic mass is 10.1. The highest BCUT2D eigenvalue weighted by Crippen LogP contribution is 2.22. The molecular weight excluding hydrogens is 276 g/mol. The summed E-state index contributed by atoms with van der Waals surface area (Å²) in [6.07, 6.45) is 0. The van der Waals surface area contributed by atoms with Crippen molar-refractivity contribution in [2.45, 2.75) is 6.04 Å².